The summed E-state index contributed by atoms with van der Waals surface area (Å²) >= 11 is 0. The van der Waals surface area contributed by atoms with E-state index < -0.39 is 15.9 Å². The Morgan fingerprint density at radius 1 is 1.17 bits per heavy atom. The van der Waals surface area contributed by atoms with Crippen molar-refractivity contribution >= 4 is 9.84 Å². The number of benzene rings is 1. The van der Waals surface area contributed by atoms with Crippen molar-refractivity contribution in [3.63, 3.8) is 0 Å². The van der Waals surface area contributed by atoms with Gasteiger partial charge in [-0.1, -0.05) is 39.0 Å². The predicted molar refractivity (Wildman–Crippen MR) is 73.4 cm³/mol. The van der Waals surface area contributed by atoms with Crippen LogP contribution < -0.4 is 0 Å². The van der Waals surface area contributed by atoms with Crippen LogP contribution in [0.1, 0.15) is 39.2 Å². The Bertz CT molecular complexity index is 482. The lowest BCUT2D eigenvalue weighted by Crippen LogP contribution is -2.22. The first-order valence-electron chi connectivity index (χ1n) is 6.31. The van der Waals surface area contributed by atoms with Gasteiger partial charge in [-0.15, -0.1) is 0 Å². The van der Waals surface area contributed by atoms with Gasteiger partial charge in [0.1, 0.15) is 0 Å². The Hall–Kier alpha value is -0.870. The highest BCUT2D eigenvalue weighted by atomic mass is 32.2. The van der Waals surface area contributed by atoms with Crippen LogP contribution in [0.15, 0.2) is 29.2 Å². The van der Waals surface area contributed by atoms with Gasteiger partial charge in [0.2, 0.25) is 0 Å². The van der Waals surface area contributed by atoms with Gasteiger partial charge in [-0.05, 0) is 24.5 Å². The second-order valence-corrected chi connectivity index (χ2v) is 7.20. The fourth-order valence-electron chi connectivity index (χ4n) is 2.37. The molecule has 1 aromatic rings. The van der Waals surface area contributed by atoms with Crippen molar-refractivity contribution in [2.75, 3.05) is 5.75 Å². The number of hydrogen-bond donors (Lipinski definition) is 1. The minimum Gasteiger partial charge on any atom is -0.393 e. The minimum atomic E-state index is -3.25. The number of sulfone groups is 1. The first-order valence-corrected chi connectivity index (χ1v) is 7.96. The van der Waals surface area contributed by atoms with Gasteiger partial charge < -0.3 is 5.11 Å². The molecular formula is C14H22O3S. The summed E-state index contributed by atoms with van der Waals surface area (Å²) in [6.07, 6.45) is -0.571. The van der Waals surface area contributed by atoms with Crippen molar-refractivity contribution in [3.8, 4) is 0 Å². The molecule has 0 bridgehead atoms. The van der Waals surface area contributed by atoms with E-state index in [4.69, 9.17) is 0 Å². The molecule has 0 aliphatic rings. The van der Waals surface area contributed by atoms with E-state index in [0.717, 1.165) is 5.56 Å². The third kappa shape index (κ3) is 3.12. The standard InChI is InChI=1S/C14H22O3S/c1-5-18(16,17)13-9-7-6-8-12(13)14(10(2)3)11(4)15/h6-11,14-15H,5H2,1-4H3. The summed E-state index contributed by atoms with van der Waals surface area (Å²) in [5, 5.41) is 9.90. The van der Waals surface area contributed by atoms with Crippen LogP contribution in [0.25, 0.3) is 0 Å². The van der Waals surface area contributed by atoms with Crippen LogP contribution in [0, 0.1) is 5.92 Å². The minimum absolute atomic E-state index is 0.0780. The Labute approximate surface area is 110 Å². The van der Waals surface area contributed by atoms with E-state index >= 15 is 0 Å². The molecule has 0 radical (unpaired) electrons. The molecule has 2 atom stereocenters. The van der Waals surface area contributed by atoms with Crippen molar-refractivity contribution < 1.29 is 13.5 Å². The Balaban J connectivity index is 3.41. The van der Waals surface area contributed by atoms with Crippen molar-refractivity contribution in [1.82, 2.24) is 0 Å². The van der Waals surface area contributed by atoms with Crippen LogP contribution in [0.3, 0.4) is 0 Å². The summed E-state index contributed by atoms with van der Waals surface area (Å²) in [5.41, 5.74) is 0.726. The fourth-order valence-corrected chi connectivity index (χ4v) is 3.53. The van der Waals surface area contributed by atoms with Crippen LogP contribution in [0.2, 0.25) is 0 Å². The molecule has 0 spiro atoms. The van der Waals surface area contributed by atoms with Crippen LogP contribution in [0.4, 0.5) is 0 Å². The topological polar surface area (TPSA) is 54.4 Å². The van der Waals surface area contributed by atoms with Gasteiger partial charge in [-0.3, -0.25) is 0 Å². The largest absolute Gasteiger partial charge is 0.393 e. The van der Waals surface area contributed by atoms with Crippen molar-refractivity contribution in [2.24, 2.45) is 5.92 Å². The highest BCUT2D eigenvalue weighted by molar-refractivity contribution is 7.91. The zero-order chi connectivity index (χ0) is 13.9. The quantitative estimate of drug-likeness (QED) is 0.894. The molecule has 1 rings (SSSR count). The molecule has 0 saturated heterocycles. The van der Waals surface area contributed by atoms with E-state index in [2.05, 4.69) is 0 Å². The molecule has 0 aliphatic heterocycles. The van der Waals surface area contributed by atoms with Gasteiger partial charge in [0, 0.05) is 5.92 Å². The molecular weight excluding hydrogens is 248 g/mol. The predicted octanol–water partition coefficient (Wildman–Crippen LogP) is 2.60. The van der Waals surface area contributed by atoms with Gasteiger partial charge in [-0.2, -0.15) is 0 Å². The molecule has 0 aromatic heterocycles. The van der Waals surface area contributed by atoms with Crippen LogP contribution in [-0.2, 0) is 9.84 Å². The number of aliphatic hydroxyl groups excluding tert-OH is 1. The van der Waals surface area contributed by atoms with E-state index in [-0.39, 0.29) is 17.6 Å². The molecule has 0 heterocycles. The summed E-state index contributed by atoms with van der Waals surface area (Å²) in [6.45, 7) is 7.33. The monoisotopic (exact) mass is 270 g/mol. The maximum atomic E-state index is 12.1. The zero-order valence-electron chi connectivity index (χ0n) is 11.4. The number of rotatable bonds is 5. The third-order valence-electron chi connectivity index (χ3n) is 3.23. The molecule has 2 unspecified atom stereocenters. The zero-order valence-corrected chi connectivity index (χ0v) is 12.2. The number of aliphatic hydroxyl groups is 1. The molecule has 0 amide bonds. The lowest BCUT2D eigenvalue weighted by atomic mass is 9.84. The van der Waals surface area contributed by atoms with Gasteiger partial charge >= 0.3 is 0 Å². The van der Waals surface area contributed by atoms with Gasteiger partial charge in [0.05, 0.1) is 16.8 Å². The maximum Gasteiger partial charge on any atom is 0.178 e. The van der Waals surface area contributed by atoms with Crippen LogP contribution >= 0.6 is 0 Å². The fraction of sp³-hybridized carbons (Fsp3) is 0.571. The lowest BCUT2D eigenvalue weighted by Gasteiger charge is -2.26. The van der Waals surface area contributed by atoms with Crippen LogP contribution in [-0.4, -0.2) is 25.4 Å². The summed E-state index contributed by atoms with van der Waals surface area (Å²) < 4.78 is 24.2. The lowest BCUT2D eigenvalue weighted by molar-refractivity contribution is 0.139. The highest BCUT2D eigenvalue weighted by Gasteiger charge is 2.27. The van der Waals surface area contributed by atoms with Crippen molar-refractivity contribution in [1.29, 1.82) is 0 Å². The van der Waals surface area contributed by atoms with E-state index in [1.807, 2.05) is 19.9 Å². The van der Waals surface area contributed by atoms with Gasteiger partial charge in [0.15, 0.2) is 9.84 Å². The SMILES string of the molecule is CCS(=O)(=O)c1ccccc1C(C(C)C)C(C)O. The Morgan fingerprint density at radius 2 is 1.72 bits per heavy atom. The van der Waals surface area contributed by atoms with E-state index in [1.54, 1.807) is 32.0 Å². The molecule has 3 nitrogen and oxygen atoms in total. The summed E-state index contributed by atoms with van der Waals surface area (Å²) in [4.78, 5) is 0.354. The van der Waals surface area contributed by atoms with Gasteiger partial charge in [0.25, 0.3) is 0 Å². The Morgan fingerprint density at radius 3 is 2.17 bits per heavy atom. The first-order chi connectivity index (χ1) is 8.31. The molecule has 0 aliphatic carbocycles. The molecule has 18 heavy (non-hydrogen) atoms. The highest BCUT2D eigenvalue weighted by Crippen LogP contribution is 2.32. The second kappa shape index (κ2) is 5.85. The normalized spacial score (nSPS) is 15.7. The van der Waals surface area contributed by atoms with Crippen LogP contribution in [0.5, 0.6) is 0 Å². The average Bonchev–Trinajstić information content (AvgIpc) is 2.28. The molecule has 1 N–H and O–H groups in total. The maximum absolute atomic E-state index is 12.1. The summed E-state index contributed by atoms with van der Waals surface area (Å²) in [6, 6.07) is 6.99. The van der Waals surface area contributed by atoms with Crippen molar-refractivity contribution in [3.05, 3.63) is 29.8 Å². The number of hydrogen-bond acceptors (Lipinski definition) is 3. The molecule has 1 aromatic carbocycles. The molecule has 4 heteroatoms. The Kier molecular flexibility index (Phi) is 4.93. The van der Waals surface area contributed by atoms with E-state index in [9.17, 15) is 13.5 Å². The summed E-state index contributed by atoms with van der Waals surface area (Å²) in [5.74, 6) is 0.0926. The second-order valence-electron chi connectivity index (χ2n) is 4.95. The third-order valence-corrected chi connectivity index (χ3v) is 5.03. The molecule has 0 fully saturated rings. The van der Waals surface area contributed by atoms with E-state index in [1.165, 1.54) is 0 Å². The smallest absolute Gasteiger partial charge is 0.178 e. The summed E-state index contributed by atoms with van der Waals surface area (Å²) in [7, 11) is -3.25. The average molecular weight is 270 g/mol. The first kappa shape index (κ1) is 15.2. The molecule has 102 valence electrons. The van der Waals surface area contributed by atoms with Crippen molar-refractivity contribution in [2.45, 2.75) is 44.6 Å². The van der Waals surface area contributed by atoms with E-state index in [0.29, 0.717) is 4.90 Å². The van der Waals surface area contributed by atoms with Gasteiger partial charge in [-0.25, -0.2) is 8.42 Å². The molecule has 0 saturated carbocycles.